The van der Waals surface area contributed by atoms with Gasteiger partial charge in [0.05, 0.1) is 0 Å². The van der Waals surface area contributed by atoms with Gasteiger partial charge in [0.15, 0.2) is 0 Å². The Morgan fingerprint density at radius 3 is 2.58 bits per heavy atom. The summed E-state index contributed by atoms with van der Waals surface area (Å²) in [5, 5.41) is 22.5. The number of nitrogens with one attached hydrogen (secondary N) is 1. The number of fused-ring (bicyclic) bond motifs is 1. The molecule has 1 aromatic heterocycles. The second kappa shape index (κ2) is 7.94. The van der Waals surface area contributed by atoms with Gasteiger partial charge in [-0.05, 0) is 39.7 Å². The van der Waals surface area contributed by atoms with Crippen LogP contribution < -0.4 is 5.32 Å². The van der Waals surface area contributed by atoms with E-state index in [1.165, 1.54) is 0 Å². The molecule has 0 aliphatic carbocycles. The van der Waals surface area contributed by atoms with E-state index in [9.17, 15) is 14.7 Å². The van der Waals surface area contributed by atoms with Crippen molar-refractivity contribution in [1.82, 2.24) is 14.8 Å². The average Bonchev–Trinajstić information content (AvgIpc) is 2.85. The first-order valence-electron chi connectivity index (χ1n) is 7.80. The van der Waals surface area contributed by atoms with E-state index in [0.29, 0.717) is 12.1 Å². The van der Waals surface area contributed by atoms with Crippen molar-refractivity contribution in [3.8, 4) is 0 Å². The van der Waals surface area contributed by atoms with E-state index in [4.69, 9.17) is 5.11 Å². The number of carbonyl (C=O) groups is 2. The van der Waals surface area contributed by atoms with Crippen LogP contribution in [0.15, 0.2) is 30.5 Å². The highest BCUT2D eigenvalue weighted by molar-refractivity contribution is 5.90. The molecule has 0 saturated carbocycles. The van der Waals surface area contributed by atoms with Crippen molar-refractivity contribution in [2.45, 2.75) is 19.0 Å². The molecule has 0 aliphatic rings. The van der Waals surface area contributed by atoms with Crippen molar-refractivity contribution < 1.29 is 19.8 Å². The van der Waals surface area contributed by atoms with Crippen LogP contribution in [0.3, 0.4) is 0 Å². The number of carboxylic acid groups (broad SMARTS) is 2. The lowest BCUT2D eigenvalue weighted by atomic mass is 10.1. The van der Waals surface area contributed by atoms with Crippen LogP contribution in [0.1, 0.15) is 18.0 Å². The highest BCUT2D eigenvalue weighted by atomic mass is 16.4. The molecule has 0 saturated heterocycles. The summed E-state index contributed by atoms with van der Waals surface area (Å²) in [7, 11) is 3.93. The predicted molar refractivity (Wildman–Crippen MR) is 91.1 cm³/mol. The highest BCUT2D eigenvalue weighted by Crippen LogP contribution is 2.27. The Bertz CT molecular complexity index is 724. The van der Waals surface area contributed by atoms with Gasteiger partial charge in [0.1, 0.15) is 12.6 Å². The minimum atomic E-state index is -0.974. The molecule has 7 nitrogen and oxygen atoms in total. The first-order valence-corrected chi connectivity index (χ1v) is 7.80. The number of benzene rings is 1. The molecule has 0 radical (unpaired) electrons. The molecule has 0 bridgehead atoms. The maximum absolute atomic E-state index is 11.7. The summed E-state index contributed by atoms with van der Waals surface area (Å²) in [5.41, 5.74) is 1.31. The van der Waals surface area contributed by atoms with Gasteiger partial charge in [-0.3, -0.25) is 9.59 Å². The maximum Gasteiger partial charge on any atom is 0.325 e. The zero-order valence-electron chi connectivity index (χ0n) is 13.9. The molecule has 130 valence electrons. The molecule has 1 atom stereocenters. The third-order valence-corrected chi connectivity index (χ3v) is 3.81. The average molecular weight is 333 g/mol. The number of hydrogen-bond acceptors (Lipinski definition) is 4. The Kier molecular flexibility index (Phi) is 5.94. The van der Waals surface area contributed by atoms with Gasteiger partial charge in [-0.25, -0.2) is 0 Å². The van der Waals surface area contributed by atoms with Gasteiger partial charge in [-0.2, -0.15) is 0 Å². The first-order chi connectivity index (χ1) is 11.4. The third kappa shape index (κ3) is 4.33. The molecule has 2 aromatic rings. The van der Waals surface area contributed by atoms with Gasteiger partial charge in [0.25, 0.3) is 0 Å². The summed E-state index contributed by atoms with van der Waals surface area (Å²) in [6.07, 6.45) is 2.45. The Morgan fingerprint density at radius 1 is 1.25 bits per heavy atom. The topological polar surface area (TPSA) is 94.8 Å². The number of para-hydroxylation sites is 1. The lowest BCUT2D eigenvalue weighted by Gasteiger charge is -2.15. The standard InChI is InChI=1S/C17H23N3O4/c1-19(2)9-5-8-18-16(17(23)24)13-10-20(11-15(21)22)14-7-4-3-6-12(13)14/h3-4,6-7,10,16,18H,5,8-9,11H2,1-2H3,(H,21,22)(H,23,24). The molecule has 0 fully saturated rings. The Labute approximate surface area is 140 Å². The predicted octanol–water partition coefficient (Wildman–Crippen LogP) is 1.39. The summed E-state index contributed by atoms with van der Waals surface area (Å²) in [4.78, 5) is 24.8. The van der Waals surface area contributed by atoms with Gasteiger partial charge in [-0.1, -0.05) is 18.2 Å². The lowest BCUT2D eigenvalue weighted by Crippen LogP contribution is -2.30. The monoisotopic (exact) mass is 333 g/mol. The van der Waals surface area contributed by atoms with Crippen LogP contribution in [-0.2, 0) is 16.1 Å². The summed E-state index contributed by atoms with van der Waals surface area (Å²) >= 11 is 0. The lowest BCUT2D eigenvalue weighted by molar-refractivity contribution is -0.139. The van der Waals surface area contributed by atoms with Crippen molar-refractivity contribution in [1.29, 1.82) is 0 Å². The van der Waals surface area contributed by atoms with Gasteiger partial charge >= 0.3 is 11.9 Å². The summed E-state index contributed by atoms with van der Waals surface area (Å²) in [5.74, 6) is -1.94. The SMILES string of the molecule is CN(C)CCCNC(C(=O)O)c1cn(CC(=O)O)c2ccccc12. The Balaban J connectivity index is 2.29. The number of rotatable bonds is 9. The minimum Gasteiger partial charge on any atom is -0.480 e. The number of aromatic nitrogens is 1. The minimum absolute atomic E-state index is 0.201. The van der Waals surface area contributed by atoms with Crippen molar-refractivity contribution in [2.24, 2.45) is 0 Å². The smallest absolute Gasteiger partial charge is 0.325 e. The molecule has 1 heterocycles. The Hall–Kier alpha value is -2.38. The fraction of sp³-hybridized carbons (Fsp3) is 0.412. The van der Waals surface area contributed by atoms with Gasteiger partial charge in [-0.15, -0.1) is 0 Å². The van der Waals surface area contributed by atoms with E-state index >= 15 is 0 Å². The third-order valence-electron chi connectivity index (χ3n) is 3.81. The van der Waals surface area contributed by atoms with E-state index in [1.54, 1.807) is 16.8 Å². The van der Waals surface area contributed by atoms with Crippen LogP contribution in [0.4, 0.5) is 0 Å². The van der Waals surface area contributed by atoms with Crippen LogP contribution in [0.2, 0.25) is 0 Å². The van der Waals surface area contributed by atoms with E-state index in [2.05, 4.69) is 5.32 Å². The van der Waals surface area contributed by atoms with Crippen molar-refractivity contribution in [2.75, 3.05) is 27.2 Å². The van der Waals surface area contributed by atoms with Crippen LogP contribution >= 0.6 is 0 Å². The fourth-order valence-corrected chi connectivity index (χ4v) is 2.75. The normalized spacial score (nSPS) is 12.6. The van der Waals surface area contributed by atoms with E-state index in [1.807, 2.05) is 37.2 Å². The number of aliphatic carboxylic acids is 2. The molecule has 24 heavy (non-hydrogen) atoms. The summed E-state index contributed by atoms with van der Waals surface area (Å²) in [6, 6.07) is 6.38. The molecule has 7 heteroatoms. The van der Waals surface area contributed by atoms with Crippen molar-refractivity contribution in [3.63, 3.8) is 0 Å². The molecule has 0 aliphatic heterocycles. The highest BCUT2D eigenvalue weighted by Gasteiger charge is 2.24. The summed E-state index contributed by atoms with van der Waals surface area (Å²) in [6.45, 7) is 1.22. The second-order valence-electron chi connectivity index (χ2n) is 6.01. The maximum atomic E-state index is 11.7. The number of carboxylic acids is 2. The summed E-state index contributed by atoms with van der Waals surface area (Å²) < 4.78 is 1.57. The molecule has 1 aromatic carbocycles. The number of hydrogen-bond donors (Lipinski definition) is 3. The molecule has 3 N–H and O–H groups in total. The van der Waals surface area contributed by atoms with E-state index in [-0.39, 0.29) is 6.54 Å². The molecule has 0 amide bonds. The molecule has 2 rings (SSSR count). The zero-order valence-corrected chi connectivity index (χ0v) is 13.9. The van der Waals surface area contributed by atoms with Gasteiger partial charge < -0.3 is 25.0 Å². The fourth-order valence-electron chi connectivity index (χ4n) is 2.75. The van der Waals surface area contributed by atoms with Crippen LogP contribution in [0, 0.1) is 0 Å². The van der Waals surface area contributed by atoms with Gasteiger partial charge in [0, 0.05) is 22.7 Å². The molecule has 1 unspecified atom stereocenters. The Morgan fingerprint density at radius 2 is 1.96 bits per heavy atom. The second-order valence-corrected chi connectivity index (χ2v) is 6.01. The van der Waals surface area contributed by atoms with E-state index < -0.39 is 18.0 Å². The van der Waals surface area contributed by atoms with Crippen LogP contribution in [0.5, 0.6) is 0 Å². The first kappa shape index (κ1) is 18.0. The van der Waals surface area contributed by atoms with Crippen molar-refractivity contribution in [3.05, 3.63) is 36.0 Å². The molecular formula is C17H23N3O4. The largest absolute Gasteiger partial charge is 0.480 e. The zero-order chi connectivity index (χ0) is 17.7. The van der Waals surface area contributed by atoms with Crippen LogP contribution in [-0.4, -0.2) is 58.8 Å². The van der Waals surface area contributed by atoms with Crippen LogP contribution in [0.25, 0.3) is 10.9 Å². The van der Waals surface area contributed by atoms with Gasteiger partial charge in [0.2, 0.25) is 0 Å². The molecular weight excluding hydrogens is 310 g/mol. The van der Waals surface area contributed by atoms with Crippen molar-refractivity contribution >= 4 is 22.8 Å². The number of nitrogens with zero attached hydrogens (tertiary/aromatic N) is 2. The van der Waals surface area contributed by atoms with E-state index in [0.717, 1.165) is 23.9 Å². The quantitative estimate of drug-likeness (QED) is 0.600. The molecule has 0 spiro atoms.